The van der Waals surface area contributed by atoms with Gasteiger partial charge in [-0.3, -0.25) is 4.79 Å². The molecular formula is C14H17ClN4O2S2. The van der Waals surface area contributed by atoms with Crippen molar-refractivity contribution in [1.82, 2.24) is 10.2 Å². The van der Waals surface area contributed by atoms with Gasteiger partial charge in [-0.1, -0.05) is 23.1 Å². The van der Waals surface area contributed by atoms with E-state index >= 15 is 0 Å². The van der Waals surface area contributed by atoms with Gasteiger partial charge in [-0.2, -0.15) is 0 Å². The Labute approximate surface area is 148 Å². The molecule has 1 aromatic heterocycles. The number of nitrogens with two attached hydrogens (primary N) is 1. The maximum Gasteiger partial charge on any atom is 0.244 e. The summed E-state index contributed by atoms with van der Waals surface area (Å²) in [5, 5.41) is 10.7. The zero-order chi connectivity index (χ0) is 15.4. The SMILES string of the molecule is Cl.NC1(C(=O)Nc2ccc(Sc3nncs3)cc2)CCOCC1. The quantitative estimate of drug-likeness (QED) is 0.857. The number of carbonyl (C=O) groups is 1. The lowest BCUT2D eigenvalue weighted by molar-refractivity contribution is -0.124. The zero-order valence-electron chi connectivity index (χ0n) is 12.2. The van der Waals surface area contributed by atoms with Crippen LogP contribution in [-0.2, 0) is 9.53 Å². The van der Waals surface area contributed by atoms with E-state index in [4.69, 9.17) is 10.5 Å². The Hall–Kier alpha value is -1.19. The van der Waals surface area contributed by atoms with Crippen LogP contribution in [0.5, 0.6) is 0 Å². The highest BCUT2D eigenvalue weighted by molar-refractivity contribution is 8.01. The molecule has 9 heteroatoms. The van der Waals surface area contributed by atoms with E-state index in [0.717, 1.165) is 14.9 Å². The minimum absolute atomic E-state index is 0. The predicted molar refractivity (Wildman–Crippen MR) is 93.3 cm³/mol. The number of hydrogen-bond acceptors (Lipinski definition) is 7. The van der Waals surface area contributed by atoms with Gasteiger partial charge in [0.05, 0.1) is 0 Å². The van der Waals surface area contributed by atoms with Gasteiger partial charge in [-0.05, 0) is 37.1 Å². The molecule has 0 unspecified atom stereocenters. The maximum atomic E-state index is 12.3. The van der Waals surface area contributed by atoms with Gasteiger partial charge in [0.1, 0.15) is 11.0 Å². The molecule has 3 N–H and O–H groups in total. The van der Waals surface area contributed by atoms with Crippen molar-refractivity contribution in [1.29, 1.82) is 0 Å². The van der Waals surface area contributed by atoms with E-state index in [-0.39, 0.29) is 18.3 Å². The molecule has 0 saturated carbocycles. The molecule has 0 aliphatic carbocycles. The number of ether oxygens (including phenoxy) is 1. The first-order chi connectivity index (χ1) is 10.7. The van der Waals surface area contributed by atoms with Crippen LogP contribution in [0, 0.1) is 0 Å². The monoisotopic (exact) mass is 372 g/mol. The first kappa shape index (κ1) is 18.2. The summed E-state index contributed by atoms with van der Waals surface area (Å²) >= 11 is 3.03. The Bertz CT molecular complexity index is 631. The minimum atomic E-state index is -0.835. The summed E-state index contributed by atoms with van der Waals surface area (Å²) in [4.78, 5) is 13.4. The summed E-state index contributed by atoms with van der Waals surface area (Å²) in [6.07, 6.45) is 1.09. The fraction of sp³-hybridized carbons (Fsp3) is 0.357. The van der Waals surface area contributed by atoms with E-state index in [0.29, 0.717) is 26.1 Å². The van der Waals surface area contributed by atoms with E-state index < -0.39 is 5.54 Å². The lowest BCUT2D eigenvalue weighted by Crippen LogP contribution is -2.54. The Morgan fingerprint density at radius 1 is 1.30 bits per heavy atom. The number of amides is 1. The van der Waals surface area contributed by atoms with E-state index in [1.54, 1.807) is 17.3 Å². The fourth-order valence-corrected chi connectivity index (χ4v) is 3.58. The molecule has 2 heterocycles. The second kappa shape index (κ2) is 8.07. The van der Waals surface area contributed by atoms with Crippen molar-refractivity contribution in [3.63, 3.8) is 0 Å². The van der Waals surface area contributed by atoms with Crippen molar-refractivity contribution >= 4 is 47.1 Å². The Morgan fingerprint density at radius 2 is 2.00 bits per heavy atom. The predicted octanol–water partition coefficient (Wildman–Crippen LogP) is 2.56. The topological polar surface area (TPSA) is 90.1 Å². The van der Waals surface area contributed by atoms with E-state index in [1.807, 2.05) is 24.3 Å². The molecule has 1 fully saturated rings. The van der Waals surface area contributed by atoms with Gasteiger partial charge in [0.2, 0.25) is 5.91 Å². The molecule has 3 rings (SSSR count). The molecule has 124 valence electrons. The molecule has 0 bridgehead atoms. The van der Waals surface area contributed by atoms with Gasteiger partial charge in [0.15, 0.2) is 4.34 Å². The average molecular weight is 373 g/mol. The van der Waals surface area contributed by atoms with Gasteiger partial charge in [0.25, 0.3) is 0 Å². The number of benzene rings is 1. The molecule has 0 spiro atoms. The lowest BCUT2D eigenvalue weighted by Gasteiger charge is -2.31. The Kier molecular flexibility index (Phi) is 6.37. The Morgan fingerprint density at radius 3 is 2.61 bits per heavy atom. The summed E-state index contributed by atoms with van der Waals surface area (Å²) in [6.45, 7) is 1.06. The van der Waals surface area contributed by atoms with Crippen LogP contribution in [0.1, 0.15) is 12.8 Å². The van der Waals surface area contributed by atoms with Crippen molar-refractivity contribution in [2.75, 3.05) is 18.5 Å². The fourth-order valence-electron chi connectivity index (χ4n) is 2.13. The second-order valence-electron chi connectivity index (χ2n) is 5.05. The average Bonchev–Trinajstić information content (AvgIpc) is 3.03. The van der Waals surface area contributed by atoms with Crippen LogP contribution in [0.4, 0.5) is 5.69 Å². The summed E-state index contributed by atoms with van der Waals surface area (Å²) in [5.74, 6) is -0.152. The number of carbonyl (C=O) groups excluding carboxylic acids is 1. The normalized spacial score (nSPS) is 16.4. The van der Waals surface area contributed by atoms with Crippen LogP contribution < -0.4 is 11.1 Å². The molecule has 1 aliphatic heterocycles. The molecule has 1 aliphatic rings. The smallest absolute Gasteiger partial charge is 0.244 e. The van der Waals surface area contributed by atoms with E-state index in [2.05, 4.69) is 15.5 Å². The molecule has 23 heavy (non-hydrogen) atoms. The van der Waals surface area contributed by atoms with E-state index in [1.165, 1.54) is 11.3 Å². The van der Waals surface area contributed by atoms with Crippen LogP contribution in [0.15, 0.2) is 39.0 Å². The highest BCUT2D eigenvalue weighted by Crippen LogP contribution is 2.29. The van der Waals surface area contributed by atoms with Crippen LogP contribution >= 0.6 is 35.5 Å². The second-order valence-corrected chi connectivity index (χ2v) is 7.21. The van der Waals surface area contributed by atoms with Crippen molar-refractivity contribution in [3.05, 3.63) is 29.8 Å². The van der Waals surface area contributed by atoms with Gasteiger partial charge < -0.3 is 15.8 Å². The highest BCUT2D eigenvalue weighted by Gasteiger charge is 2.35. The Balaban J connectivity index is 0.00000192. The third-order valence-corrected chi connectivity index (χ3v) is 5.28. The number of nitrogens with one attached hydrogen (secondary N) is 1. The van der Waals surface area contributed by atoms with Crippen molar-refractivity contribution in [2.45, 2.75) is 27.6 Å². The van der Waals surface area contributed by atoms with E-state index in [9.17, 15) is 4.79 Å². The summed E-state index contributed by atoms with van der Waals surface area (Å²) in [7, 11) is 0. The van der Waals surface area contributed by atoms with Crippen LogP contribution in [-0.4, -0.2) is 34.9 Å². The van der Waals surface area contributed by atoms with Gasteiger partial charge >= 0.3 is 0 Å². The van der Waals surface area contributed by atoms with Crippen LogP contribution in [0.2, 0.25) is 0 Å². The molecule has 1 aromatic carbocycles. The molecule has 0 radical (unpaired) electrons. The number of hydrogen-bond donors (Lipinski definition) is 2. The van der Waals surface area contributed by atoms with Gasteiger partial charge in [-0.15, -0.1) is 22.6 Å². The van der Waals surface area contributed by atoms with Crippen molar-refractivity contribution < 1.29 is 9.53 Å². The number of aromatic nitrogens is 2. The third-order valence-electron chi connectivity index (χ3n) is 3.49. The molecular weight excluding hydrogens is 356 g/mol. The number of anilines is 1. The summed E-state index contributed by atoms with van der Waals surface area (Å²) < 4.78 is 6.15. The first-order valence-electron chi connectivity index (χ1n) is 6.88. The molecule has 2 aromatic rings. The highest BCUT2D eigenvalue weighted by atomic mass is 35.5. The van der Waals surface area contributed by atoms with Crippen LogP contribution in [0.25, 0.3) is 0 Å². The maximum absolute atomic E-state index is 12.3. The first-order valence-corrected chi connectivity index (χ1v) is 8.57. The van der Waals surface area contributed by atoms with Gasteiger partial charge in [0, 0.05) is 23.8 Å². The number of halogens is 1. The largest absolute Gasteiger partial charge is 0.381 e. The summed E-state index contributed by atoms with van der Waals surface area (Å²) in [5.41, 5.74) is 7.76. The molecule has 1 amide bonds. The number of nitrogens with zero attached hydrogens (tertiary/aromatic N) is 2. The molecule has 6 nitrogen and oxygen atoms in total. The number of rotatable bonds is 4. The minimum Gasteiger partial charge on any atom is -0.381 e. The standard InChI is InChI=1S/C14H16N4O2S2.ClH/c15-14(5-7-20-8-6-14)12(19)17-10-1-3-11(4-2-10)22-13-18-16-9-21-13;/h1-4,9H,5-8,15H2,(H,17,19);1H. The summed E-state index contributed by atoms with van der Waals surface area (Å²) in [6, 6.07) is 7.61. The lowest BCUT2D eigenvalue weighted by atomic mass is 9.90. The zero-order valence-corrected chi connectivity index (χ0v) is 14.7. The van der Waals surface area contributed by atoms with Gasteiger partial charge in [-0.25, -0.2) is 0 Å². The third kappa shape index (κ3) is 4.65. The van der Waals surface area contributed by atoms with Crippen molar-refractivity contribution in [3.8, 4) is 0 Å². The van der Waals surface area contributed by atoms with Crippen molar-refractivity contribution in [2.24, 2.45) is 5.73 Å². The molecule has 0 atom stereocenters. The molecule has 1 saturated heterocycles. The van der Waals surface area contributed by atoms with Crippen LogP contribution in [0.3, 0.4) is 0 Å².